The van der Waals surface area contributed by atoms with Gasteiger partial charge in [0.25, 0.3) is 10.0 Å². The van der Waals surface area contributed by atoms with Gasteiger partial charge in [0.05, 0.1) is 4.90 Å². The third-order valence-electron chi connectivity index (χ3n) is 2.81. The first kappa shape index (κ1) is 19.7. The SMILES string of the molecule is CC(=O)OC/C=C\C(C)(C)OC(=O)NS(=O)(=O)c1ccc(C)cc1. The number of esters is 1. The van der Waals surface area contributed by atoms with Crippen LogP contribution >= 0.6 is 0 Å². The number of nitrogens with one attached hydrogen (secondary N) is 1. The van der Waals surface area contributed by atoms with E-state index >= 15 is 0 Å². The molecular weight excluding hydrogens is 334 g/mol. The fourth-order valence-corrected chi connectivity index (χ4v) is 2.55. The molecule has 0 saturated heterocycles. The molecule has 24 heavy (non-hydrogen) atoms. The molecule has 0 spiro atoms. The first-order valence-corrected chi connectivity index (χ1v) is 8.64. The molecule has 0 atom stereocenters. The number of amides is 1. The fourth-order valence-electron chi connectivity index (χ4n) is 1.68. The minimum atomic E-state index is -4.00. The van der Waals surface area contributed by atoms with Crippen molar-refractivity contribution in [1.82, 2.24) is 4.72 Å². The Kier molecular flexibility index (Phi) is 6.53. The minimum Gasteiger partial charge on any atom is -0.462 e. The highest BCUT2D eigenvalue weighted by atomic mass is 32.2. The Hall–Kier alpha value is -2.35. The van der Waals surface area contributed by atoms with Crippen LogP contribution in [0, 0.1) is 6.92 Å². The molecule has 0 saturated carbocycles. The van der Waals surface area contributed by atoms with E-state index in [9.17, 15) is 18.0 Å². The highest BCUT2D eigenvalue weighted by Gasteiger charge is 2.24. The average Bonchev–Trinajstić information content (AvgIpc) is 2.42. The van der Waals surface area contributed by atoms with E-state index in [4.69, 9.17) is 9.47 Å². The van der Waals surface area contributed by atoms with Crippen molar-refractivity contribution in [3.63, 3.8) is 0 Å². The zero-order valence-corrected chi connectivity index (χ0v) is 14.8. The van der Waals surface area contributed by atoms with Gasteiger partial charge < -0.3 is 9.47 Å². The Morgan fingerprint density at radius 1 is 1.21 bits per heavy atom. The standard InChI is InChI=1S/C16H21NO6S/c1-12-6-8-14(9-7-12)24(20,21)17-15(19)23-16(3,4)10-5-11-22-13(2)18/h5-10H,11H2,1-4H3,(H,17,19)/b10-5-. The lowest BCUT2D eigenvalue weighted by molar-refractivity contribution is -0.139. The Bertz CT molecular complexity index is 719. The summed E-state index contributed by atoms with van der Waals surface area (Å²) in [6.07, 6.45) is 1.90. The molecule has 1 N–H and O–H groups in total. The maximum atomic E-state index is 12.1. The number of hydrogen-bond acceptors (Lipinski definition) is 6. The summed E-state index contributed by atoms with van der Waals surface area (Å²) in [4.78, 5) is 22.4. The molecule has 0 bridgehead atoms. The summed E-state index contributed by atoms with van der Waals surface area (Å²) in [6, 6.07) is 6.05. The van der Waals surface area contributed by atoms with Crippen LogP contribution in [0.4, 0.5) is 4.79 Å². The smallest absolute Gasteiger partial charge is 0.422 e. The number of carbonyl (C=O) groups is 2. The van der Waals surface area contributed by atoms with Crippen molar-refractivity contribution >= 4 is 22.1 Å². The van der Waals surface area contributed by atoms with Gasteiger partial charge in [-0.1, -0.05) is 17.7 Å². The fraction of sp³-hybridized carbons (Fsp3) is 0.375. The lowest BCUT2D eigenvalue weighted by Crippen LogP contribution is -2.36. The Morgan fingerprint density at radius 2 is 1.79 bits per heavy atom. The summed E-state index contributed by atoms with van der Waals surface area (Å²) < 4.78 is 35.8. The van der Waals surface area contributed by atoms with Crippen LogP contribution in [0.15, 0.2) is 41.3 Å². The zero-order chi connectivity index (χ0) is 18.4. The third-order valence-corrected chi connectivity index (χ3v) is 4.13. The van der Waals surface area contributed by atoms with E-state index in [1.54, 1.807) is 26.0 Å². The highest BCUT2D eigenvalue weighted by molar-refractivity contribution is 7.90. The molecule has 1 rings (SSSR count). The molecule has 0 aliphatic rings. The van der Waals surface area contributed by atoms with E-state index in [-0.39, 0.29) is 11.5 Å². The van der Waals surface area contributed by atoms with E-state index in [2.05, 4.69) is 0 Å². The molecule has 0 aromatic heterocycles. The summed E-state index contributed by atoms with van der Waals surface area (Å²) in [6.45, 7) is 6.26. The average molecular weight is 355 g/mol. The topological polar surface area (TPSA) is 98.8 Å². The summed E-state index contributed by atoms with van der Waals surface area (Å²) in [5, 5.41) is 0. The molecular formula is C16H21NO6S. The van der Waals surface area contributed by atoms with Gasteiger partial charge in [-0.2, -0.15) is 0 Å². The highest BCUT2D eigenvalue weighted by Crippen LogP contribution is 2.14. The zero-order valence-electron chi connectivity index (χ0n) is 14.0. The van der Waals surface area contributed by atoms with Gasteiger partial charge in [-0.3, -0.25) is 4.79 Å². The van der Waals surface area contributed by atoms with Gasteiger partial charge in [-0.15, -0.1) is 0 Å². The first-order valence-electron chi connectivity index (χ1n) is 7.15. The van der Waals surface area contributed by atoms with Crippen LogP contribution in [0.1, 0.15) is 26.3 Å². The van der Waals surface area contributed by atoms with E-state index in [1.807, 2.05) is 11.6 Å². The molecule has 0 radical (unpaired) electrons. The van der Waals surface area contributed by atoms with E-state index < -0.39 is 27.7 Å². The van der Waals surface area contributed by atoms with Gasteiger partial charge in [0.2, 0.25) is 0 Å². The van der Waals surface area contributed by atoms with Crippen LogP contribution in [-0.4, -0.2) is 32.7 Å². The van der Waals surface area contributed by atoms with Crippen LogP contribution in [0.3, 0.4) is 0 Å². The third kappa shape index (κ3) is 6.82. The molecule has 0 heterocycles. The summed E-state index contributed by atoms with van der Waals surface area (Å²) in [7, 11) is -4.00. The number of carbonyl (C=O) groups excluding carboxylic acids is 2. The van der Waals surface area contributed by atoms with Crippen molar-refractivity contribution in [2.45, 2.75) is 38.2 Å². The second kappa shape index (κ2) is 7.96. The second-order valence-electron chi connectivity index (χ2n) is 5.62. The Labute approximate surface area is 141 Å². The number of rotatable bonds is 6. The van der Waals surface area contributed by atoms with E-state index in [1.165, 1.54) is 31.2 Å². The van der Waals surface area contributed by atoms with Crippen molar-refractivity contribution in [1.29, 1.82) is 0 Å². The van der Waals surface area contributed by atoms with E-state index in [0.717, 1.165) is 5.56 Å². The van der Waals surface area contributed by atoms with Crippen molar-refractivity contribution in [3.05, 3.63) is 42.0 Å². The molecule has 1 aromatic rings. The molecule has 0 fully saturated rings. The molecule has 0 aliphatic heterocycles. The maximum absolute atomic E-state index is 12.1. The Morgan fingerprint density at radius 3 is 2.33 bits per heavy atom. The second-order valence-corrected chi connectivity index (χ2v) is 7.30. The van der Waals surface area contributed by atoms with E-state index in [0.29, 0.717) is 0 Å². The minimum absolute atomic E-state index is 0.0331. The molecule has 0 aliphatic carbocycles. The number of sulfonamides is 1. The van der Waals surface area contributed by atoms with Gasteiger partial charge in [0, 0.05) is 6.92 Å². The van der Waals surface area contributed by atoms with Gasteiger partial charge in [0.15, 0.2) is 0 Å². The first-order chi connectivity index (χ1) is 11.0. The van der Waals surface area contributed by atoms with Gasteiger partial charge >= 0.3 is 12.1 Å². The summed E-state index contributed by atoms with van der Waals surface area (Å²) >= 11 is 0. The van der Waals surface area contributed by atoms with Crippen LogP contribution in [0.5, 0.6) is 0 Å². The summed E-state index contributed by atoms with van der Waals surface area (Å²) in [5.74, 6) is -0.430. The normalized spacial score (nSPS) is 12.0. The van der Waals surface area contributed by atoms with Crippen LogP contribution in [0.25, 0.3) is 0 Å². The predicted molar refractivity (Wildman–Crippen MR) is 87.8 cm³/mol. The predicted octanol–water partition coefficient (Wildman–Crippen LogP) is 2.31. The summed E-state index contributed by atoms with van der Waals surface area (Å²) in [5.41, 5.74) is -0.178. The molecule has 1 amide bonds. The van der Waals surface area contributed by atoms with Gasteiger partial charge in [-0.25, -0.2) is 17.9 Å². The maximum Gasteiger partial charge on any atom is 0.422 e. The molecule has 1 aromatic carbocycles. The lowest BCUT2D eigenvalue weighted by Gasteiger charge is -2.21. The number of benzene rings is 1. The van der Waals surface area contributed by atoms with Gasteiger partial charge in [-0.05, 0) is 45.1 Å². The van der Waals surface area contributed by atoms with Crippen LogP contribution in [-0.2, 0) is 24.3 Å². The monoisotopic (exact) mass is 355 g/mol. The quantitative estimate of drug-likeness (QED) is 0.621. The molecule has 7 nitrogen and oxygen atoms in total. The van der Waals surface area contributed by atoms with Crippen molar-refractivity contribution in [2.24, 2.45) is 0 Å². The van der Waals surface area contributed by atoms with Crippen molar-refractivity contribution < 1.29 is 27.5 Å². The Balaban J connectivity index is 2.66. The lowest BCUT2D eigenvalue weighted by atomic mass is 10.1. The van der Waals surface area contributed by atoms with Crippen LogP contribution < -0.4 is 4.72 Å². The largest absolute Gasteiger partial charge is 0.462 e. The number of ether oxygens (including phenoxy) is 2. The van der Waals surface area contributed by atoms with Gasteiger partial charge in [0.1, 0.15) is 12.2 Å². The molecule has 8 heteroatoms. The van der Waals surface area contributed by atoms with Crippen molar-refractivity contribution in [2.75, 3.05) is 6.61 Å². The van der Waals surface area contributed by atoms with Crippen molar-refractivity contribution in [3.8, 4) is 0 Å². The molecule has 0 unspecified atom stereocenters. The number of aryl methyl sites for hydroxylation is 1. The molecule has 132 valence electrons. The van der Waals surface area contributed by atoms with Crippen LogP contribution in [0.2, 0.25) is 0 Å². The number of hydrogen-bond donors (Lipinski definition) is 1.